The van der Waals surface area contributed by atoms with E-state index in [0.29, 0.717) is 5.92 Å². The van der Waals surface area contributed by atoms with Gasteiger partial charge in [0.05, 0.1) is 0 Å². The lowest BCUT2D eigenvalue weighted by atomic mass is 9.82. The van der Waals surface area contributed by atoms with Gasteiger partial charge in [-0.2, -0.15) is 0 Å². The van der Waals surface area contributed by atoms with Gasteiger partial charge in [0.2, 0.25) is 0 Å². The number of furan rings is 1. The third-order valence-corrected chi connectivity index (χ3v) is 8.39. The zero-order valence-corrected chi connectivity index (χ0v) is 23.3. The fraction of sp³-hybridized carbons (Fsp3) is 0.265. The van der Waals surface area contributed by atoms with Crippen LogP contribution >= 0.6 is 11.3 Å². The molecule has 3 heterocycles. The molecule has 0 unspecified atom stereocenters. The van der Waals surface area contributed by atoms with E-state index in [-0.39, 0.29) is 5.41 Å². The van der Waals surface area contributed by atoms with Crippen LogP contribution in [0.4, 0.5) is 0 Å². The molecule has 0 spiro atoms. The minimum atomic E-state index is 0.0135. The highest BCUT2D eigenvalue weighted by molar-refractivity contribution is 7.19. The van der Waals surface area contributed by atoms with Crippen LogP contribution in [0.15, 0.2) is 77.3 Å². The Hall–Kier alpha value is -3.43. The predicted octanol–water partition coefficient (Wildman–Crippen LogP) is 10.3. The van der Waals surface area contributed by atoms with Crippen LogP contribution in [0.1, 0.15) is 50.6 Å². The highest BCUT2D eigenvalue weighted by atomic mass is 32.1. The molecule has 0 amide bonds. The maximum Gasteiger partial charge on any atom is 0.161 e. The number of fused-ring (bicyclic) bond motifs is 3. The van der Waals surface area contributed by atoms with Gasteiger partial charge >= 0.3 is 0 Å². The molecule has 2 nitrogen and oxygen atoms in total. The summed E-state index contributed by atoms with van der Waals surface area (Å²) in [6.07, 6.45) is 3.00. The van der Waals surface area contributed by atoms with Crippen molar-refractivity contribution in [2.45, 2.75) is 53.4 Å². The summed E-state index contributed by atoms with van der Waals surface area (Å²) >= 11 is 1.89. The third kappa shape index (κ3) is 4.26. The van der Waals surface area contributed by atoms with Crippen molar-refractivity contribution in [3.63, 3.8) is 0 Å². The maximum absolute atomic E-state index is 6.59. The topological polar surface area (TPSA) is 26.0 Å². The number of aryl methyl sites for hydroxylation is 1. The lowest BCUT2D eigenvalue weighted by Crippen LogP contribution is -2.12. The quantitative estimate of drug-likeness (QED) is 0.239. The third-order valence-electron chi connectivity index (χ3n) is 7.27. The second-order valence-corrected chi connectivity index (χ2v) is 12.9. The first-order valence-electron chi connectivity index (χ1n) is 13.1. The van der Waals surface area contributed by atoms with Crippen LogP contribution < -0.4 is 0 Å². The monoisotopic (exact) mass is 503 g/mol. The second kappa shape index (κ2) is 8.85. The standard InChI is InChI=1S/C34H33NOS/c1-20(2)15-27-21(3)37-31-12-11-23(17-28(27)31)30-19-24-13-14-35-32(33(24)36-30)25-16-22-9-7-8-10-26(22)29(18-25)34(4,5)6/h7-14,16-20H,15H2,1-6H3. The van der Waals surface area contributed by atoms with E-state index in [1.807, 2.05) is 17.5 Å². The number of thiophene rings is 1. The lowest BCUT2D eigenvalue weighted by Gasteiger charge is -2.22. The van der Waals surface area contributed by atoms with Crippen molar-refractivity contribution in [1.82, 2.24) is 4.98 Å². The Bertz CT molecular complexity index is 1780. The molecule has 0 aliphatic rings. The largest absolute Gasteiger partial charge is 0.454 e. The molecular weight excluding hydrogens is 470 g/mol. The SMILES string of the molecule is Cc1sc2ccc(-c3cc4ccnc(-c5cc(C(C)(C)C)c6ccccc6c5)c4o3)cc2c1CC(C)C. The van der Waals surface area contributed by atoms with E-state index in [4.69, 9.17) is 9.40 Å². The summed E-state index contributed by atoms with van der Waals surface area (Å²) in [7, 11) is 0. The molecule has 0 saturated carbocycles. The molecule has 3 heteroatoms. The summed E-state index contributed by atoms with van der Waals surface area (Å²) in [4.78, 5) is 6.24. The van der Waals surface area contributed by atoms with Gasteiger partial charge in [0.1, 0.15) is 11.5 Å². The van der Waals surface area contributed by atoms with Crippen LogP contribution in [-0.2, 0) is 11.8 Å². The molecule has 3 aromatic heterocycles. The van der Waals surface area contributed by atoms with Crippen molar-refractivity contribution in [2.75, 3.05) is 0 Å². The van der Waals surface area contributed by atoms with Crippen molar-refractivity contribution in [1.29, 1.82) is 0 Å². The van der Waals surface area contributed by atoms with E-state index in [1.54, 1.807) is 0 Å². The van der Waals surface area contributed by atoms with Crippen molar-refractivity contribution >= 4 is 43.2 Å². The Kier molecular flexibility index (Phi) is 5.72. The number of aromatic nitrogens is 1. The van der Waals surface area contributed by atoms with Gasteiger partial charge in [0, 0.05) is 32.3 Å². The van der Waals surface area contributed by atoms with Crippen LogP contribution in [0.2, 0.25) is 0 Å². The first kappa shape index (κ1) is 23.9. The van der Waals surface area contributed by atoms with Gasteiger partial charge < -0.3 is 4.42 Å². The van der Waals surface area contributed by atoms with E-state index in [9.17, 15) is 0 Å². The van der Waals surface area contributed by atoms with Gasteiger partial charge in [-0.3, -0.25) is 4.98 Å². The highest BCUT2D eigenvalue weighted by Gasteiger charge is 2.21. The number of pyridine rings is 1. The summed E-state index contributed by atoms with van der Waals surface area (Å²) in [5.41, 5.74) is 6.76. The zero-order valence-electron chi connectivity index (χ0n) is 22.5. The minimum Gasteiger partial charge on any atom is -0.454 e. The molecular formula is C34H33NOS. The zero-order chi connectivity index (χ0) is 25.9. The molecule has 0 fully saturated rings. The number of hydrogen-bond acceptors (Lipinski definition) is 3. The lowest BCUT2D eigenvalue weighted by molar-refractivity contribution is 0.596. The predicted molar refractivity (Wildman–Crippen MR) is 160 cm³/mol. The molecule has 0 N–H and O–H groups in total. The summed E-state index contributed by atoms with van der Waals surface area (Å²) in [6, 6.07) is 24.1. The Morgan fingerprint density at radius 3 is 2.46 bits per heavy atom. The van der Waals surface area contributed by atoms with E-state index in [0.717, 1.165) is 40.0 Å². The van der Waals surface area contributed by atoms with Gasteiger partial charge in [0.25, 0.3) is 0 Å². The highest BCUT2D eigenvalue weighted by Crippen LogP contribution is 2.40. The second-order valence-electron chi connectivity index (χ2n) is 11.6. The van der Waals surface area contributed by atoms with Crippen molar-refractivity contribution in [2.24, 2.45) is 5.92 Å². The summed E-state index contributed by atoms with van der Waals surface area (Å²) in [6.45, 7) is 13.6. The van der Waals surface area contributed by atoms with Crippen LogP contribution in [0.5, 0.6) is 0 Å². The summed E-state index contributed by atoms with van der Waals surface area (Å²) in [5.74, 6) is 1.52. The number of benzene rings is 3. The first-order valence-corrected chi connectivity index (χ1v) is 14.0. The molecule has 0 aliphatic heterocycles. The van der Waals surface area contributed by atoms with E-state index >= 15 is 0 Å². The van der Waals surface area contributed by atoms with E-state index in [1.165, 1.54) is 36.9 Å². The van der Waals surface area contributed by atoms with Crippen LogP contribution in [0, 0.1) is 12.8 Å². The fourth-order valence-corrected chi connectivity index (χ4v) is 6.54. The summed E-state index contributed by atoms with van der Waals surface area (Å²) < 4.78 is 7.94. The van der Waals surface area contributed by atoms with Gasteiger partial charge in [-0.05, 0) is 94.4 Å². The molecule has 0 bridgehead atoms. The van der Waals surface area contributed by atoms with Gasteiger partial charge in [-0.15, -0.1) is 11.3 Å². The molecule has 6 rings (SSSR count). The number of rotatable bonds is 4. The molecule has 37 heavy (non-hydrogen) atoms. The van der Waals surface area contributed by atoms with E-state index < -0.39 is 0 Å². The molecule has 186 valence electrons. The molecule has 6 aromatic rings. The number of hydrogen-bond donors (Lipinski definition) is 0. The average Bonchev–Trinajstić information content (AvgIpc) is 3.43. The van der Waals surface area contributed by atoms with Crippen LogP contribution in [-0.4, -0.2) is 4.98 Å². The first-order chi connectivity index (χ1) is 17.7. The minimum absolute atomic E-state index is 0.0135. The van der Waals surface area contributed by atoms with Crippen molar-refractivity contribution in [3.05, 3.63) is 88.9 Å². The molecule has 0 radical (unpaired) electrons. The van der Waals surface area contributed by atoms with Gasteiger partial charge in [-0.25, -0.2) is 0 Å². The summed E-state index contributed by atoms with van der Waals surface area (Å²) in [5, 5.41) is 4.96. The maximum atomic E-state index is 6.59. The van der Waals surface area contributed by atoms with E-state index in [2.05, 4.69) is 108 Å². The smallest absolute Gasteiger partial charge is 0.161 e. The molecule has 0 aliphatic carbocycles. The normalized spacial score (nSPS) is 12.4. The average molecular weight is 504 g/mol. The Labute approximate surface area is 223 Å². The van der Waals surface area contributed by atoms with Crippen molar-refractivity contribution in [3.8, 4) is 22.6 Å². The Morgan fingerprint density at radius 1 is 0.865 bits per heavy atom. The molecule has 0 atom stereocenters. The van der Waals surface area contributed by atoms with Gasteiger partial charge in [-0.1, -0.05) is 58.9 Å². The Morgan fingerprint density at radius 2 is 1.68 bits per heavy atom. The molecule has 0 saturated heterocycles. The van der Waals surface area contributed by atoms with Crippen LogP contribution in [0.3, 0.4) is 0 Å². The fourth-order valence-electron chi connectivity index (χ4n) is 5.47. The van der Waals surface area contributed by atoms with Crippen LogP contribution in [0.25, 0.3) is 54.4 Å². The van der Waals surface area contributed by atoms with Crippen molar-refractivity contribution < 1.29 is 4.42 Å². The number of nitrogens with zero attached hydrogens (tertiary/aromatic N) is 1. The van der Waals surface area contributed by atoms with Gasteiger partial charge in [0.15, 0.2) is 5.58 Å². The molecule has 3 aromatic carbocycles. The Balaban J connectivity index is 1.51.